The number of carbonyl (C=O) groups is 2. The number of aliphatic hydroxyl groups excluding tert-OH is 4. The zero-order chi connectivity index (χ0) is 22.4. The Balaban J connectivity index is 1.55. The molecule has 0 amide bonds. The van der Waals surface area contributed by atoms with Crippen LogP contribution in [-0.2, 0) is 28.5 Å². The van der Waals surface area contributed by atoms with Crippen molar-refractivity contribution in [3.8, 4) is 0 Å². The molecule has 1 aromatic rings. The van der Waals surface area contributed by atoms with Crippen LogP contribution in [0, 0.1) is 0 Å². The molecule has 1 aromatic carbocycles. The van der Waals surface area contributed by atoms with Gasteiger partial charge in [-0.1, -0.05) is 18.2 Å². The number of ether oxygens (including phenoxy) is 5. The van der Waals surface area contributed by atoms with E-state index in [1.165, 1.54) is 0 Å². The number of hydrogen-bond acceptors (Lipinski definition) is 11. The fraction of sp³-hybridized carbons (Fsp3) is 0.600. The predicted octanol–water partition coefficient (Wildman–Crippen LogP) is -1.29. The highest BCUT2D eigenvalue weighted by molar-refractivity contribution is 5.89. The fourth-order valence-electron chi connectivity index (χ4n) is 3.40. The van der Waals surface area contributed by atoms with E-state index in [1.807, 2.05) is 0 Å². The van der Waals surface area contributed by atoms with Crippen LogP contribution >= 0.6 is 0 Å². The summed E-state index contributed by atoms with van der Waals surface area (Å²) in [5.41, 5.74) is 0.327. The zero-order valence-corrected chi connectivity index (χ0v) is 16.6. The Labute approximate surface area is 178 Å². The SMILES string of the molecule is O=COCC1O[C@H](O[C@@H]2CC(O)[C@H](O)C(COC(=O)c3ccccc3)O2)CC(O)[C@@H]1O. The van der Waals surface area contributed by atoms with Gasteiger partial charge >= 0.3 is 5.97 Å². The molecule has 2 aliphatic heterocycles. The molecule has 31 heavy (non-hydrogen) atoms. The first-order valence-electron chi connectivity index (χ1n) is 9.85. The molecule has 2 aliphatic rings. The number of rotatable bonds is 8. The summed E-state index contributed by atoms with van der Waals surface area (Å²) in [7, 11) is 0. The van der Waals surface area contributed by atoms with Gasteiger partial charge in [0.2, 0.25) is 0 Å². The van der Waals surface area contributed by atoms with Crippen LogP contribution in [0.15, 0.2) is 30.3 Å². The summed E-state index contributed by atoms with van der Waals surface area (Å²) in [5, 5.41) is 40.3. The molecule has 8 atom stereocenters. The summed E-state index contributed by atoms with van der Waals surface area (Å²) in [4.78, 5) is 22.5. The van der Waals surface area contributed by atoms with E-state index in [-0.39, 0.29) is 32.5 Å². The Bertz CT molecular complexity index is 714. The lowest BCUT2D eigenvalue weighted by molar-refractivity contribution is -0.333. The van der Waals surface area contributed by atoms with Gasteiger partial charge < -0.3 is 44.1 Å². The molecule has 172 valence electrons. The van der Waals surface area contributed by atoms with Crippen molar-refractivity contribution in [3.05, 3.63) is 35.9 Å². The van der Waals surface area contributed by atoms with Crippen LogP contribution in [0.4, 0.5) is 0 Å². The number of benzene rings is 1. The molecule has 0 aromatic heterocycles. The molecule has 0 spiro atoms. The topological polar surface area (TPSA) is 161 Å². The van der Waals surface area contributed by atoms with E-state index in [4.69, 9.17) is 18.9 Å². The highest BCUT2D eigenvalue weighted by Gasteiger charge is 2.42. The first-order valence-corrected chi connectivity index (χ1v) is 9.85. The van der Waals surface area contributed by atoms with Crippen molar-refractivity contribution < 1.29 is 53.7 Å². The minimum atomic E-state index is -1.31. The van der Waals surface area contributed by atoms with Crippen LogP contribution in [0.1, 0.15) is 23.2 Å². The second-order valence-corrected chi connectivity index (χ2v) is 7.33. The largest absolute Gasteiger partial charge is 0.465 e. The summed E-state index contributed by atoms with van der Waals surface area (Å²) in [6.45, 7) is -0.419. The molecule has 2 heterocycles. The van der Waals surface area contributed by atoms with Gasteiger partial charge in [0.1, 0.15) is 37.6 Å². The Morgan fingerprint density at radius 1 is 0.935 bits per heavy atom. The Morgan fingerprint density at radius 2 is 1.48 bits per heavy atom. The van der Waals surface area contributed by atoms with Crippen LogP contribution in [0.3, 0.4) is 0 Å². The van der Waals surface area contributed by atoms with Crippen molar-refractivity contribution in [2.75, 3.05) is 13.2 Å². The summed E-state index contributed by atoms with van der Waals surface area (Å²) in [6, 6.07) is 8.26. The first kappa shape index (κ1) is 23.5. The number of aliphatic hydroxyl groups is 4. The van der Waals surface area contributed by atoms with E-state index < -0.39 is 55.2 Å². The van der Waals surface area contributed by atoms with E-state index >= 15 is 0 Å². The molecule has 0 radical (unpaired) electrons. The van der Waals surface area contributed by atoms with E-state index in [0.29, 0.717) is 5.56 Å². The second kappa shape index (κ2) is 11.0. The molecule has 0 saturated carbocycles. The lowest BCUT2D eigenvalue weighted by atomic mass is 10.0. The van der Waals surface area contributed by atoms with Gasteiger partial charge in [0.05, 0.1) is 17.8 Å². The third-order valence-corrected chi connectivity index (χ3v) is 5.09. The third kappa shape index (κ3) is 6.20. The average Bonchev–Trinajstić information content (AvgIpc) is 2.76. The Hall–Kier alpha value is -2.12. The van der Waals surface area contributed by atoms with E-state index in [0.717, 1.165) is 0 Å². The smallest absolute Gasteiger partial charge is 0.338 e. The number of carbonyl (C=O) groups excluding carboxylic acids is 2. The first-order chi connectivity index (χ1) is 14.9. The van der Waals surface area contributed by atoms with Gasteiger partial charge in [-0.3, -0.25) is 4.79 Å². The van der Waals surface area contributed by atoms with E-state index in [9.17, 15) is 30.0 Å². The van der Waals surface area contributed by atoms with Gasteiger partial charge in [-0.25, -0.2) is 4.79 Å². The molecule has 2 fully saturated rings. The van der Waals surface area contributed by atoms with Crippen LogP contribution in [-0.4, -0.2) is 95.3 Å². The van der Waals surface area contributed by atoms with Crippen molar-refractivity contribution in [3.63, 3.8) is 0 Å². The van der Waals surface area contributed by atoms with Crippen molar-refractivity contribution in [2.45, 2.75) is 62.0 Å². The van der Waals surface area contributed by atoms with Gasteiger partial charge in [0.15, 0.2) is 12.6 Å². The molecular formula is C20H26O11. The summed E-state index contributed by atoms with van der Waals surface area (Å²) >= 11 is 0. The predicted molar refractivity (Wildman–Crippen MR) is 100 cm³/mol. The Morgan fingerprint density at radius 3 is 2.03 bits per heavy atom. The molecule has 11 heteroatoms. The van der Waals surface area contributed by atoms with Crippen LogP contribution < -0.4 is 0 Å². The van der Waals surface area contributed by atoms with Gasteiger partial charge in [-0.05, 0) is 12.1 Å². The van der Waals surface area contributed by atoms with Crippen molar-refractivity contribution in [1.82, 2.24) is 0 Å². The highest BCUT2D eigenvalue weighted by Crippen LogP contribution is 2.27. The summed E-state index contributed by atoms with van der Waals surface area (Å²) in [6.07, 6.45) is -9.33. The molecule has 0 aliphatic carbocycles. The number of esters is 1. The van der Waals surface area contributed by atoms with E-state index in [2.05, 4.69) is 4.74 Å². The van der Waals surface area contributed by atoms with Gasteiger partial charge in [0, 0.05) is 12.8 Å². The van der Waals surface area contributed by atoms with Crippen LogP contribution in [0.25, 0.3) is 0 Å². The third-order valence-electron chi connectivity index (χ3n) is 5.09. The van der Waals surface area contributed by atoms with Gasteiger partial charge in [0.25, 0.3) is 6.47 Å². The highest BCUT2D eigenvalue weighted by atomic mass is 16.8. The minimum Gasteiger partial charge on any atom is -0.465 e. The average molecular weight is 442 g/mol. The summed E-state index contributed by atoms with van der Waals surface area (Å²) < 4.78 is 26.5. The quantitative estimate of drug-likeness (QED) is 0.280. The lowest BCUT2D eigenvalue weighted by Crippen LogP contribution is -2.54. The number of hydrogen-bond donors (Lipinski definition) is 4. The molecule has 2 saturated heterocycles. The standard InChI is InChI=1S/C20H26O11/c21-10-27-8-14-18(24)12(22)6-16(29-14)31-17-7-13(23)19(25)15(30-17)9-28-20(26)11-4-2-1-3-5-11/h1-5,10,12-19,22-25H,6-9H2/t12?,13?,14?,15?,16-,17-,18+,19+/m1/s1. The van der Waals surface area contributed by atoms with Crippen LogP contribution in [0.2, 0.25) is 0 Å². The summed E-state index contributed by atoms with van der Waals surface area (Å²) in [5.74, 6) is -0.611. The molecule has 4 unspecified atom stereocenters. The maximum absolute atomic E-state index is 12.1. The van der Waals surface area contributed by atoms with E-state index in [1.54, 1.807) is 30.3 Å². The maximum Gasteiger partial charge on any atom is 0.338 e. The molecule has 11 nitrogen and oxygen atoms in total. The van der Waals surface area contributed by atoms with Crippen molar-refractivity contribution in [1.29, 1.82) is 0 Å². The van der Waals surface area contributed by atoms with Gasteiger partial charge in [-0.2, -0.15) is 0 Å². The maximum atomic E-state index is 12.1. The van der Waals surface area contributed by atoms with Crippen molar-refractivity contribution >= 4 is 12.4 Å². The van der Waals surface area contributed by atoms with Crippen molar-refractivity contribution in [2.24, 2.45) is 0 Å². The molecule has 0 bridgehead atoms. The zero-order valence-electron chi connectivity index (χ0n) is 16.6. The second-order valence-electron chi connectivity index (χ2n) is 7.33. The molecule has 4 N–H and O–H groups in total. The normalized spacial score (nSPS) is 35.9. The molecule has 3 rings (SSSR count). The molecular weight excluding hydrogens is 416 g/mol. The lowest BCUT2D eigenvalue weighted by Gasteiger charge is -2.41. The monoisotopic (exact) mass is 442 g/mol. The fourth-order valence-corrected chi connectivity index (χ4v) is 3.40. The minimum absolute atomic E-state index is 0.0923. The van der Waals surface area contributed by atoms with Gasteiger partial charge in [-0.15, -0.1) is 0 Å². The van der Waals surface area contributed by atoms with Crippen LogP contribution in [0.5, 0.6) is 0 Å². The Kier molecular flexibility index (Phi) is 8.32.